The topological polar surface area (TPSA) is 53.9 Å². The van der Waals surface area contributed by atoms with E-state index < -0.39 is 6.04 Å². The number of rotatable bonds is 7. The summed E-state index contributed by atoms with van der Waals surface area (Å²) >= 11 is 1.61. The standard InChI is InChI=1S/C24H31N3O2S/c1-17-8-5-9-18(2)26(17)14-7-13-25-23(28)22-20-11-3-4-12-21(20)24(29)27(22)16-19-10-6-15-30-19/h3-4,6,10-12,15,17-18,22H,5,7-9,13-14,16H2,1-2H3,(H,25,28)/p+1. The van der Waals surface area contributed by atoms with Gasteiger partial charge in [-0.25, -0.2) is 0 Å². The molecule has 1 fully saturated rings. The second kappa shape index (κ2) is 9.31. The minimum atomic E-state index is -0.545. The van der Waals surface area contributed by atoms with Gasteiger partial charge in [-0.1, -0.05) is 24.3 Å². The average Bonchev–Trinajstić information content (AvgIpc) is 3.34. The van der Waals surface area contributed by atoms with E-state index in [0.29, 0.717) is 30.7 Å². The van der Waals surface area contributed by atoms with Crippen LogP contribution in [0.25, 0.3) is 0 Å². The van der Waals surface area contributed by atoms with Crippen LogP contribution in [0.3, 0.4) is 0 Å². The van der Waals surface area contributed by atoms with Crippen LogP contribution >= 0.6 is 11.3 Å². The third-order valence-electron chi connectivity index (χ3n) is 6.69. The van der Waals surface area contributed by atoms with Gasteiger partial charge >= 0.3 is 0 Å². The van der Waals surface area contributed by atoms with E-state index in [9.17, 15) is 9.59 Å². The highest BCUT2D eigenvalue weighted by Crippen LogP contribution is 2.35. The van der Waals surface area contributed by atoms with Crippen LogP contribution in [0.1, 0.15) is 66.4 Å². The van der Waals surface area contributed by atoms with Gasteiger partial charge in [0.15, 0.2) is 0 Å². The molecule has 0 bridgehead atoms. The molecule has 1 aromatic heterocycles. The molecular formula is C24H32N3O2S+. The van der Waals surface area contributed by atoms with Crippen molar-refractivity contribution in [3.63, 3.8) is 0 Å². The van der Waals surface area contributed by atoms with E-state index >= 15 is 0 Å². The molecule has 2 aliphatic rings. The van der Waals surface area contributed by atoms with Crippen LogP contribution < -0.4 is 10.2 Å². The van der Waals surface area contributed by atoms with Crippen LogP contribution in [0.15, 0.2) is 41.8 Å². The molecule has 0 spiro atoms. The lowest BCUT2D eigenvalue weighted by Crippen LogP contribution is -3.19. The van der Waals surface area contributed by atoms with E-state index in [1.54, 1.807) is 21.1 Å². The van der Waals surface area contributed by atoms with Crippen molar-refractivity contribution in [2.45, 2.75) is 64.2 Å². The van der Waals surface area contributed by atoms with Crippen LogP contribution in [0.2, 0.25) is 0 Å². The van der Waals surface area contributed by atoms with Crippen LogP contribution in [0.5, 0.6) is 0 Å². The summed E-state index contributed by atoms with van der Waals surface area (Å²) in [5, 5.41) is 5.13. The quantitative estimate of drug-likeness (QED) is 0.669. The number of nitrogens with zero attached hydrogens (tertiary/aromatic N) is 1. The van der Waals surface area contributed by atoms with Gasteiger partial charge in [0.25, 0.3) is 5.91 Å². The molecule has 5 nitrogen and oxygen atoms in total. The summed E-state index contributed by atoms with van der Waals surface area (Å²) in [6.07, 6.45) is 4.89. The smallest absolute Gasteiger partial charge is 0.255 e. The molecule has 0 radical (unpaired) electrons. The molecule has 3 heterocycles. The largest absolute Gasteiger partial charge is 0.354 e. The maximum Gasteiger partial charge on any atom is 0.255 e. The van der Waals surface area contributed by atoms with E-state index in [4.69, 9.17) is 0 Å². The number of thiophene rings is 1. The summed E-state index contributed by atoms with van der Waals surface area (Å²) in [6, 6.07) is 12.4. The Hall–Kier alpha value is -2.18. The zero-order chi connectivity index (χ0) is 21.1. The van der Waals surface area contributed by atoms with Gasteiger partial charge in [-0.3, -0.25) is 9.59 Å². The van der Waals surface area contributed by atoms with E-state index in [1.165, 1.54) is 19.3 Å². The molecule has 6 heteroatoms. The maximum atomic E-state index is 13.2. The Morgan fingerprint density at radius 3 is 2.67 bits per heavy atom. The first-order valence-corrected chi connectivity index (χ1v) is 12.0. The van der Waals surface area contributed by atoms with E-state index in [2.05, 4.69) is 19.2 Å². The Kier molecular flexibility index (Phi) is 6.54. The summed E-state index contributed by atoms with van der Waals surface area (Å²) in [5.74, 6) is -0.126. The van der Waals surface area contributed by atoms with Crippen molar-refractivity contribution in [2.24, 2.45) is 0 Å². The Labute approximate surface area is 183 Å². The normalized spacial score (nSPS) is 25.9. The van der Waals surface area contributed by atoms with Crippen LogP contribution in [0, 0.1) is 0 Å². The molecule has 1 aromatic carbocycles. The molecule has 2 N–H and O–H groups in total. The Morgan fingerprint density at radius 1 is 1.17 bits per heavy atom. The number of hydrogen-bond acceptors (Lipinski definition) is 3. The number of carbonyl (C=O) groups is 2. The fourth-order valence-corrected chi connectivity index (χ4v) is 5.77. The van der Waals surface area contributed by atoms with Gasteiger partial charge in [-0.2, -0.15) is 0 Å². The Balaban J connectivity index is 1.40. The highest BCUT2D eigenvalue weighted by Gasteiger charge is 2.40. The predicted molar refractivity (Wildman–Crippen MR) is 120 cm³/mol. The molecule has 2 amide bonds. The number of hydrogen-bond donors (Lipinski definition) is 2. The molecule has 2 aromatic rings. The van der Waals surface area contributed by atoms with Crippen molar-refractivity contribution in [1.29, 1.82) is 0 Å². The number of carbonyl (C=O) groups excluding carboxylic acids is 2. The fourth-order valence-electron chi connectivity index (χ4n) is 5.07. The first-order chi connectivity index (χ1) is 14.6. The highest BCUT2D eigenvalue weighted by molar-refractivity contribution is 7.09. The molecule has 1 saturated heterocycles. The summed E-state index contributed by atoms with van der Waals surface area (Å²) in [7, 11) is 0. The second-order valence-electron chi connectivity index (χ2n) is 8.70. The van der Waals surface area contributed by atoms with E-state index in [0.717, 1.165) is 23.4 Å². The van der Waals surface area contributed by atoms with Crippen molar-refractivity contribution in [3.8, 4) is 0 Å². The molecule has 3 unspecified atom stereocenters. The lowest BCUT2D eigenvalue weighted by Gasteiger charge is -2.35. The number of likely N-dealkylation sites (tertiary alicyclic amines) is 1. The monoisotopic (exact) mass is 426 g/mol. The molecule has 2 aliphatic heterocycles. The van der Waals surface area contributed by atoms with Crippen molar-refractivity contribution in [3.05, 3.63) is 57.8 Å². The van der Waals surface area contributed by atoms with Gasteiger partial charge in [-0.15, -0.1) is 11.3 Å². The van der Waals surface area contributed by atoms with Gasteiger partial charge < -0.3 is 15.1 Å². The Bertz CT molecular complexity index is 872. The highest BCUT2D eigenvalue weighted by atomic mass is 32.1. The van der Waals surface area contributed by atoms with Crippen molar-refractivity contribution in [2.75, 3.05) is 13.1 Å². The van der Waals surface area contributed by atoms with Gasteiger partial charge in [0, 0.05) is 23.4 Å². The van der Waals surface area contributed by atoms with Gasteiger partial charge in [0.2, 0.25) is 5.91 Å². The summed E-state index contributed by atoms with van der Waals surface area (Å²) in [4.78, 5) is 30.6. The number of fused-ring (bicyclic) bond motifs is 1. The number of piperidine rings is 1. The predicted octanol–water partition coefficient (Wildman–Crippen LogP) is 2.80. The molecular weight excluding hydrogens is 394 g/mol. The van der Waals surface area contributed by atoms with Crippen molar-refractivity contribution in [1.82, 2.24) is 10.2 Å². The lowest BCUT2D eigenvalue weighted by atomic mass is 9.97. The first-order valence-electron chi connectivity index (χ1n) is 11.1. The first kappa shape index (κ1) is 21.1. The van der Waals surface area contributed by atoms with Gasteiger partial charge in [-0.05, 0) is 56.2 Å². The van der Waals surface area contributed by atoms with Crippen molar-refractivity contribution < 1.29 is 14.5 Å². The van der Waals surface area contributed by atoms with Crippen molar-refractivity contribution >= 4 is 23.2 Å². The van der Waals surface area contributed by atoms with Gasteiger partial charge in [0.1, 0.15) is 6.04 Å². The third kappa shape index (κ3) is 4.30. The van der Waals surface area contributed by atoms with Crippen LogP contribution in [-0.4, -0.2) is 41.9 Å². The number of nitrogens with one attached hydrogen (secondary N) is 2. The Morgan fingerprint density at radius 2 is 1.93 bits per heavy atom. The molecule has 160 valence electrons. The summed E-state index contributed by atoms with van der Waals surface area (Å²) < 4.78 is 0. The molecule has 0 aliphatic carbocycles. The van der Waals surface area contributed by atoms with Gasteiger partial charge in [0.05, 0.1) is 25.2 Å². The SMILES string of the molecule is CC1CCCC(C)[NH+]1CCCNC(=O)C1c2ccccc2C(=O)N1Cc1cccs1. The fraction of sp³-hybridized carbons (Fsp3) is 0.500. The van der Waals surface area contributed by atoms with Crippen LogP contribution in [0.4, 0.5) is 0 Å². The maximum absolute atomic E-state index is 13.2. The minimum Gasteiger partial charge on any atom is -0.354 e. The van der Waals surface area contributed by atoms with E-state index in [-0.39, 0.29) is 11.8 Å². The molecule has 4 rings (SSSR count). The second-order valence-corrected chi connectivity index (χ2v) is 9.74. The number of quaternary nitrogens is 1. The van der Waals surface area contributed by atoms with E-state index in [1.807, 2.05) is 41.8 Å². The molecule has 0 saturated carbocycles. The third-order valence-corrected chi connectivity index (χ3v) is 7.56. The zero-order valence-corrected chi connectivity index (χ0v) is 18.7. The number of amides is 2. The molecule has 3 atom stereocenters. The average molecular weight is 427 g/mol. The zero-order valence-electron chi connectivity index (χ0n) is 17.9. The van der Waals surface area contributed by atoms with Crippen LogP contribution in [-0.2, 0) is 11.3 Å². The molecule has 30 heavy (non-hydrogen) atoms. The number of benzene rings is 1. The minimum absolute atomic E-state index is 0.0560. The summed E-state index contributed by atoms with van der Waals surface area (Å²) in [5.41, 5.74) is 1.47. The lowest BCUT2D eigenvalue weighted by molar-refractivity contribution is -0.951. The summed E-state index contributed by atoms with van der Waals surface area (Å²) in [6.45, 7) is 6.89.